The second-order valence-electron chi connectivity index (χ2n) is 7.15. The standard InChI is InChI=1S/C24H26N2O5S/c1-4-30-21-13-7-20(8-14-21)26-32(28,29)23-15-9-19(10-16-23)25-24(27)18(3)31-22-11-5-17(2)6-12-22/h5-16,18,26H,4H2,1-3H3,(H,25,27)/t18-/m0/s1. The molecule has 1 atom stereocenters. The van der Waals surface area contributed by atoms with Crippen molar-refractivity contribution in [2.45, 2.75) is 31.8 Å². The summed E-state index contributed by atoms with van der Waals surface area (Å²) in [7, 11) is -3.77. The van der Waals surface area contributed by atoms with Gasteiger partial charge in [-0.25, -0.2) is 8.42 Å². The summed E-state index contributed by atoms with van der Waals surface area (Å²) in [6.07, 6.45) is -0.720. The van der Waals surface area contributed by atoms with Crippen molar-refractivity contribution in [3.8, 4) is 11.5 Å². The van der Waals surface area contributed by atoms with E-state index in [9.17, 15) is 13.2 Å². The van der Waals surface area contributed by atoms with E-state index in [1.54, 1.807) is 43.3 Å². The first-order chi connectivity index (χ1) is 15.3. The number of anilines is 2. The number of rotatable bonds is 9. The van der Waals surface area contributed by atoms with Crippen LogP contribution in [0.4, 0.5) is 11.4 Å². The first kappa shape index (κ1) is 23.1. The Hall–Kier alpha value is -3.52. The van der Waals surface area contributed by atoms with E-state index in [0.29, 0.717) is 29.5 Å². The van der Waals surface area contributed by atoms with Gasteiger partial charge in [0.25, 0.3) is 15.9 Å². The van der Waals surface area contributed by atoms with Crippen LogP contribution in [0.25, 0.3) is 0 Å². The minimum Gasteiger partial charge on any atom is -0.494 e. The van der Waals surface area contributed by atoms with Gasteiger partial charge in [-0.1, -0.05) is 17.7 Å². The van der Waals surface area contributed by atoms with Crippen LogP contribution in [0.3, 0.4) is 0 Å². The van der Waals surface area contributed by atoms with E-state index in [4.69, 9.17) is 9.47 Å². The molecular weight excluding hydrogens is 428 g/mol. The average Bonchev–Trinajstić information content (AvgIpc) is 2.77. The SMILES string of the molecule is CCOc1ccc(NS(=O)(=O)c2ccc(NC(=O)[C@H](C)Oc3ccc(C)cc3)cc2)cc1. The molecule has 0 radical (unpaired) electrons. The molecule has 0 saturated carbocycles. The van der Waals surface area contributed by atoms with Crippen LogP contribution in [-0.4, -0.2) is 27.0 Å². The maximum absolute atomic E-state index is 12.6. The zero-order chi connectivity index (χ0) is 23.1. The lowest BCUT2D eigenvalue weighted by Gasteiger charge is -2.15. The van der Waals surface area contributed by atoms with Crippen molar-refractivity contribution >= 4 is 27.3 Å². The number of carbonyl (C=O) groups is 1. The molecule has 168 valence electrons. The predicted octanol–water partition coefficient (Wildman–Crippen LogP) is 4.60. The molecule has 3 rings (SSSR count). The van der Waals surface area contributed by atoms with Crippen LogP contribution in [0, 0.1) is 6.92 Å². The number of ether oxygens (including phenoxy) is 2. The molecule has 0 saturated heterocycles. The van der Waals surface area contributed by atoms with Gasteiger partial charge in [-0.2, -0.15) is 0 Å². The van der Waals surface area contributed by atoms with E-state index >= 15 is 0 Å². The lowest BCUT2D eigenvalue weighted by atomic mass is 10.2. The van der Waals surface area contributed by atoms with Gasteiger partial charge >= 0.3 is 0 Å². The summed E-state index contributed by atoms with van der Waals surface area (Å²) < 4.78 is 38.8. The van der Waals surface area contributed by atoms with Crippen molar-refractivity contribution < 1.29 is 22.7 Å². The third-order valence-electron chi connectivity index (χ3n) is 4.55. The summed E-state index contributed by atoms with van der Waals surface area (Å²) in [4.78, 5) is 12.5. The minimum absolute atomic E-state index is 0.0772. The van der Waals surface area contributed by atoms with E-state index in [-0.39, 0.29) is 10.8 Å². The number of aryl methyl sites for hydroxylation is 1. The predicted molar refractivity (Wildman–Crippen MR) is 125 cm³/mol. The molecule has 8 heteroatoms. The van der Waals surface area contributed by atoms with Crippen molar-refractivity contribution in [3.63, 3.8) is 0 Å². The highest BCUT2D eigenvalue weighted by Crippen LogP contribution is 2.21. The van der Waals surface area contributed by atoms with Crippen LogP contribution in [0.15, 0.2) is 77.7 Å². The van der Waals surface area contributed by atoms with Gasteiger partial charge in [-0.15, -0.1) is 0 Å². The molecule has 32 heavy (non-hydrogen) atoms. The number of amides is 1. The Bertz CT molecular complexity index is 1140. The smallest absolute Gasteiger partial charge is 0.265 e. The van der Waals surface area contributed by atoms with Crippen molar-refractivity contribution in [2.24, 2.45) is 0 Å². The third kappa shape index (κ3) is 6.24. The van der Waals surface area contributed by atoms with Crippen LogP contribution >= 0.6 is 0 Å². The summed E-state index contributed by atoms with van der Waals surface area (Å²) in [6, 6.07) is 20.0. The minimum atomic E-state index is -3.77. The lowest BCUT2D eigenvalue weighted by Crippen LogP contribution is -2.30. The van der Waals surface area contributed by atoms with Gasteiger partial charge in [-0.05, 0) is 81.4 Å². The maximum atomic E-state index is 12.6. The van der Waals surface area contributed by atoms with Crippen molar-refractivity contribution in [3.05, 3.63) is 78.4 Å². The van der Waals surface area contributed by atoms with Crippen LogP contribution in [0.2, 0.25) is 0 Å². The van der Waals surface area contributed by atoms with Crippen LogP contribution < -0.4 is 19.5 Å². The Morgan fingerprint density at radius 1 is 0.875 bits per heavy atom. The second-order valence-corrected chi connectivity index (χ2v) is 8.83. The first-order valence-corrected chi connectivity index (χ1v) is 11.6. The van der Waals surface area contributed by atoms with Gasteiger partial charge in [0.2, 0.25) is 0 Å². The Morgan fingerprint density at radius 2 is 1.44 bits per heavy atom. The number of sulfonamides is 1. The molecule has 0 spiro atoms. The first-order valence-electron chi connectivity index (χ1n) is 10.2. The molecule has 0 aliphatic carbocycles. The highest BCUT2D eigenvalue weighted by atomic mass is 32.2. The van der Waals surface area contributed by atoms with Gasteiger partial charge in [0, 0.05) is 11.4 Å². The molecule has 0 aliphatic rings. The molecule has 0 unspecified atom stereocenters. The second kappa shape index (κ2) is 10.2. The third-order valence-corrected chi connectivity index (χ3v) is 5.95. The molecule has 2 N–H and O–H groups in total. The Kier molecular flexibility index (Phi) is 7.37. The van der Waals surface area contributed by atoms with Crippen LogP contribution in [-0.2, 0) is 14.8 Å². The van der Waals surface area contributed by atoms with E-state index < -0.39 is 16.1 Å². The summed E-state index contributed by atoms with van der Waals surface area (Å²) in [6.45, 7) is 6.03. The van der Waals surface area contributed by atoms with Gasteiger partial charge in [-0.3, -0.25) is 9.52 Å². The summed E-state index contributed by atoms with van der Waals surface area (Å²) in [5.74, 6) is 0.921. The topological polar surface area (TPSA) is 93.7 Å². The molecule has 3 aromatic carbocycles. The van der Waals surface area contributed by atoms with Crippen LogP contribution in [0.1, 0.15) is 19.4 Å². The van der Waals surface area contributed by atoms with E-state index in [0.717, 1.165) is 5.56 Å². The molecule has 7 nitrogen and oxygen atoms in total. The molecule has 0 aliphatic heterocycles. The quantitative estimate of drug-likeness (QED) is 0.493. The molecule has 3 aromatic rings. The van der Waals surface area contributed by atoms with Gasteiger partial charge < -0.3 is 14.8 Å². The molecule has 0 aromatic heterocycles. The molecule has 0 heterocycles. The largest absolute Gasteiger partial charge is 0.494 e. The molecular formula is C24H26N2O5S. The van der Waals surface area contributed by atoms with E-state index in [2.05, 4.69) is 10.0 Å². The number of benzene rings is 3. The zero-order valence-corrected chi connectivity index (χ0v) is 19.0. The Morgan fingerprint density at radius 3 is 2.03 bits per heavy atom. The monoisotopic (exact) mass is 454 g/mol. The fourth-order valence-electron chi connectivity index (χ4n) is 2.84. The number of carbonyl (C=O) groups excluding carboxylic acids is 1. The van der Waals surface area contributed by atoms with Gasteiger partial charge in [0.15, 0.2) is 6.10 Å². The molecule has 1 amide bonds. The number of nitrogens with one attached hydrogen (secondary N) is 2. The van der Waals surface area contributed by atoms with Gasteiger partial charge in [0.05, 0.1) is 11.5 Å². The van der Waals surface area contributed by atoms with Crippen molar-refractivity contribution in [2.75, 3.05) is 16.6 Å². The fraction of sp³-hybridized carbons (Fsp3) is 0.208. The highest BCUT2D eigenvalue weighted by molar-refractivity contribution is 7.92. The normalized spacial score (nSPS) is 12.0. The maximum Gasteiger partial charge on any atom is 0.265 e. The average molecular weight is 455 g/mol. The lowest BCUT2D eigenvalue weighted by molar-refractivity contribution is -0.122. The summed E-state index contributed by atoms with van der Waals surface area (Å²) in [5, 5.41) is 2.73. The Balaban J connectivity index is 1.60. The van der Waals surface area contributed by atoms with Crippen LogP contribution in [0.5, 0.6) is 11.5 Å². The van der Waals surface area contributed by atoms with E-state index in [1.807, 2.05) is 26.0 Å². The molecule has 0 bridgehead atoms. The van der Waals surface area contributed by atoms with Gasteiger partial charge in [0.1, 0.15) is 11.5 Å². The number of hydrogen-bond acceptors (Lipinski definition) is 5. The Labute approximate surface area is 188 Å². The van der Waals surface area contributed by atoms with Crippen molar-refractivity contribution in [1.82, 2.24) is 0 Å². The molecule has 0 fully saturated rings. The zero-order valence-electron chi connectivity index (χ0n) is 18.2. The fourth-order valence-corrected chi connectivity index (χ4v) is 3.89. The summed E-state index contributed by atoms with van der Waals surface area (Å²) >= 11 is 0. The highest BCUT2D eigenvalue weighted by Gasteiger charge is 2.17. The number of hydrogen-bond donors (Lipinski definition) is 2. The summed E-state index contributed by atoms with van der Waals surface area (Å²) in [5.41, 5.74) is 1.99. The van der Waals surface area contributed by atoms with E-state index in [1.165, 1.54) is 24.3 Å². The van der Waals surface area contributed by atoms with Crippen molar-refractivity contribution in [1.29, 1.82) is 0 Å².